The highest BCUT2D eigenvalue weighted by atomic mass is 16.6. The molecule has 0 radical (unpaired) electrons. The Kier molecular flexibility index (Phi) is 5.11. The van der Waals surface area contributed by atoms with Crippen molar-refractivity contribution in [1.82, 2.24) is 0 Å². The van der Waals surface area contributed by atoms with Gasteiger partial charge in [-0.2, -0.15) is 0 Å². The molecule has 0 aliphatic carbocycles. The normalized spacial score (nSPS) is 11.2. The fourth-order valence-corrected chi connectivity index (χ4v) is 1.98. The van der Waals surface area contributed by atoms with Crippen molar-refractivity contribution in [3.8, 4) is 5.75 Å². The second-order valence-electron chi connectivity index (χ2n) is 4.46. The molecule has 0 aliphatic rings. The molecular weight excluding hydrogens is 246 g/mol. The van der Waals surface area contributed by atoms with Gasteiger partial charge in [0, 0.05) is 29.9 Å². The van der Waals surface area contributed by atoms with Crippen molar-refractivity contribution in [2.24, 2.45) is 5.73 Å². The van der Waals surface area contributed by atoms with Gasteiger partial charge >= 0.3 is 5.69 Å². The average molecular weight is 267 g/mol. The van der Waals surface area contributed by atoms with E-state index in [-0.39, 0.29) is 17.0 Å². The van der Waals surface area contributed by atoms with Crippen molar-refractivity contribution in [1.29, 1.82) is 0 Å². The van der Waals surface area contributed by atoms with Crippen LogP contribution >= 0.6 is 0 Å². The summed E-state index contributed by atoms with van der Waals surface area (Å²) in [4.78, 5) is 10.4. The molecule has 0 aromatic heterocycles. The number of rotatable bonds is 7. The Bertz CT molecular complexity index is 436. The molecule has 0 saturated heterocycles. The molecule has 19 heavy (non-hydrogen) atoms. The first kappa shape index (κ1) is 15.2. The van der Waals surface area contributed by atoms with Crippen LogP contribution in [0.25, 0.3) is 0 Å². The van der Waals surface area contributed by atoms with Crippen molar-refractivity contribution >= 4 is 11.4 Å². The van der Waals surface area contributed by atoms with E-state index < -0.39 is 4.92 Å². The maximum atomic E-state index is 10.8. The lowest BCUT2D eigenvalue weighted by Gasteiger charge is -2.32. The SMILES string of the molecule is CCC(CC)(CN)Nc1ccc([N+](=O)[O-])c(OC)c1. The van der Waals surface area contributed by atoms with Gasteiger partial charge in [-0.3, -0.25) is 10.1 Å². The van der Waals surface area contributed by atoms with Crippen LogP contribution in [0.2, 0.25) is 0 Å². The molecule has 0 heterocycles. The summed E-state index contributed by atoms with van der Waals surface area (Å²) in [6.07, 6.45) is 1.75. The minimum absolute atomic E-state index is 0.0422. The van der Waals surface area contributed by atoms with Crippen LogP contribution in [0.1, 0.15) is 26.7 Å². The summed E-state index contributed by atoms with van der Waals surface area (Å²) < 4.78 is 5.05. The summed E-state index contributed by atoms with van der Waals surface area (Å²) in [5, 5.41) is 14.2. The highest BCUT2D eigenvalue weighted by molar-refractivity contribution is 5.59. The third-order valence-electron chi connectivity index (χ3n) is 3.53. The van der Waals surface area contributed by atoms with Crippen LogP contribution in [-0.2, 0) is 0 Å². The predicted octanol–water partition coefficient (Wildman–Crippen LogP) is 2.53. The Labute approximate surface area is 113 Å². The Morgan fingerprint density at radius 1 is 1.42 bits per heavy atom. The molecule has 3 N–H and O–H groups in total. The molecule has 6 nitrogen and oxygen atoms in total. The molecule has 0 bridgehead atoms. The fraction of sp³-hybridized carbons (Fsp3) is 0.538. The van der Waals surface area contributed by atoms with Crippen LogP contribution in [0.4, 0.5) is 11.4 Å². The molecule has 106 valence electrons. The van der Waals surface area contributed by atoms with E-state index in [0.717, 1.165) is 18.5 Å². The van der Waals surface area contributed by atoms with E-state index >= 15 is 0 Å². The zero-order valence-corrected chi connectivity index (χ0v) is 11.6. The predicted molar refractivity (Wildman–Crippen MR) is 75.6 cm³/mol. The van der Waals surface area contributed by atoms with Crippen molar-refractivity contribution in [2.45, 2.75) is 32.2 Å². The van der Waals surface area contributed by atoms with Crippen LogP contribution in [0.3, 0.4) is 0 Å². The molecule has 0 unspecified atom stereocenters. The number of nitrogens with one attached hydrogen (secondary N) is 1. The van der Waals surface area contributed by atoms with Gasteiger partial charge in [0.25, 0.3) is 0 Å². The number of nitrogens with two attached hydrogens (primary N) is 1. The summed E-state index contributed by atoms with van der Waals surface area (Å²) in [7, 11) is 1.42. The van der Waals surface area contributed by atoms with E-state index in [1.165, 1.54) is 13.2 Å². The molecule has 0 atom stereocenters. The fourth-order valence-electron chi connectivity index (χ4n) is 1.98. The van der Waals surface area contributed by atoms with E-state index in [2.05, 4.69) is 19.2 Å². The monoisotopic (exact) mass is 267 g/mol. The van der Waals surface area contributed by atoms with Crippen molar-refractivity contribution < 1.29 is 9.66 Å². The zero-order chi connectivity index (χ0) is 14.5. The first-order valence-electron chi connectivity index (χ1n) is 6.32. The second-order valence-corrected chi connectivity index (χ2v) is 4.46. The lowest BCUT2D eigenvalue weighted by atomic mass is 9.92. The number of nitro groups is 1. The quantitative estimate of drug-likeness (QED) is 0.585. The van der Waals surface area contributed by atoms with Gasteiger partial charge in [0.05, 0.1) is 12.0 Å². The van der Waals surface area contributed by atoms with Crippen molar-refractivity contribution in [2.75, 3.05) is 19.0 Å². The topological polar surface area (TPSA) is 90.4 Å². The lowest BCUT2D eigenvalue weighted by molar-refractivity contribution is -0.385. The number of nitro benzene ring substituents is 1. The number of benzene rings is 1. The summed E-state index contributed by atoms with van der Waals surface area (Å²) in [5.74, 6) is 0.244. The van der Waals surface area contributed by atoms with E-state index in [0.29, 0.717) is 6.54 Å². The Balaban J connectivity index is 3.06. The number of methoxy groups -OCH3 is 1. The molecule has 0 saturated carbocycles. The molecule has 0 spiro atoms. The average Bonchev–Trinajstić information content (AvgIpc) is 2.44. The number of ether oxygens (including phenoxy) is 1. The van der Waals surface area contributed by atoms with Crippen LogP contribution in [0, 0.1) is 10.1 Å². The Morgan fingerprint density at radius 3 is 2.47 bits per heavy atom. The molecule has 6 heteroatoms. The van der Waals surface area contributed by atoms with Crippen LogP contribution in [0.5, 0.6) is 5.75 Å². The minimum atomic E-state index is -0.460. The Hall–Kier alpha value is -1.82. The molecule has 0 fully saturated rings. The van der Waals surface area contributed by atoms with E-state index in [1.54, 1.807) is 12.1 Å². The number of hydrogen-bond donors (Lipinski definition) is 2. The third-order valence-corrected chi connectivity index (χ3v) is 3.53. The van der Waals surface area contributed by atoms with Gasteiger partial charge in [-0.25, -0.2) is 0 Å². The standard InChI is InChI=1S/C13H21N3O3/c1-4-13(5-2,9-14)15-10-6-7-11(16(17)18)12(8-10)19-3/h6-8,15H,4-5,9,14H2,1-3H3. The minimum Gasteiger partial charge on any atom is -0.490 e. The van der Waals surface area contributed by atoms with Gasteiger partial charge in [-0.1, -0.05) is 13.8 Å². The van der Waals surface area contributed by atoms with Gasteiger partial charge < -0.3 is 15.8 Å². The second kappa shape index (κ2) is 6.38. The highest BCUT2D eigenvalue weighted by Crippen LogP contribution is 2.31. The van der Waals surface area contributed by atoms with Crippen LogP contribution in [-0.4, -0.2) is 24.1 Å². The smallest absolute Gasteiger partial charge is 0.311 e. The molecule has 1 aromatic carbocycles. The maximum Gasteiger partial charge on any atom is 0.311 e. The number of nitrogens with zero attached hydrogens (tertiary/aromatic N) is 1. The van der Waals surface area contributed by atoms with Gasteiger partial charge in [0.1, 0.15) is 0 Å². The zero-order valence-electron chi connectivity index (χ0n) is 11.6. The lowest BCUT2D eigenvalue weighted by Crippen LogP contribution is -2.44. The number of hydrogen-bond acceptors (Lipinski definition) is 5. The first-order valence-corrected chi connectivity index (χ1v) is 6.32. The van der Waals surface area contributed by atoms with Gasteiger partial charge in [0.2, 0.25) is 0 Å². The van der Waals surface area contributed by atoms with E-state index in [9.17, 15) is 10.1 Å². The summed E-state index contributed by atoms with van der Waals surface area (Å²) in [6, 6.07) is 4.75. The highest BCUT2D eigenvalue weighted by Gasteiger charge is 2.25. The van der Waals surface area contributed by atoms with Crippen molar-refractivity contribution in [3.05, 3.63) is 28.3 Å². The van der Waals surface area contributed by atoms with Gasteiger partial charge in [0.15, 0.2) is 5.75 Å². The summed E-state index contributed by atoms with van der Waals surface area (Å²) in [6.45, 7) is 4.62. The molecule has 0 amide bonds. The largest absolute Gasteiger partial charge is 0.490 e. The van der Waals surface area contributed by atoms with Crippen LogP contribution in [0.15, 0.2) is 18.2 Å². The maximum absolute atomic E-state index is 10.8. The van der Waals surface area contributed by atoms with Crippen molar-refractivity contribution in [3.63, 3.8) is 0 Å². The van der Waals surface area contributed by atoms with E-state index in [4.69, 9.17) is 10.5 Å². The molecule has 1 aromatic rings. The number of anilines is 1. The van der Waals surface area contributed by atoms with Gasteiger partial charge in [-0.05, 0) is 18.9 Å². The summed E-state index contributed by atoms with van der Waals surface area (Å²) in [5.41, 5.74) is 6.36. The van der Waals surface area contributed by atoms with Crippen LogP contribution < -0.4 is 15.8 Å². The molecule has 1 rings (SSSR count). The molecule has 0 aliphatic heterocycles. The summed E-state index contributed by atoms with van der Waals surface area (Å²) >= 11 is 0. The third kappa shape index (κ3) is 3.35. The Morgan fingerprint density at radius 2 is 2.05 bits per heavy atom. The van der Waals surface area contributed by atoms with E-state index in [1.807, 2.05) is 0 Å². The molecular formula is C13H21N3O3. The first-order chi connectivity index (χ1) is 9.01. The van der Waals surface area contributed by atoms with Gasteiger partial charge in [-0.15, -0.1) is 0 Å².